The molecule has 0 saturated carbocycles. The molecule has 0 aliphatic carbocycles. The Morgan fingerprint density at radius 3 is 2.65 bits per heavy atom. The van der Waals surface area contributed by atoms with Crippen molar-refractivity contribution in [2.45, 2.75) is 20.0 Å². The number of aliphatic hydroxyl groups excluding tert-OH is 1. The first-order valence-electron chi connectivity index (χ1n) is 5.35. The third-order valence-corrected chi connectivity index (χ3v) is 3.95. The van der Waals surface area contributed by atoms with Gasteiger partial charge in [-0.1, -0.05) is 0 Å². The molecule has 1 atom stereocenters. The average Bonchev–Trinajstić information content (AvgIpc) is 2.69. The van der Waals surface area contributed by atoms with Crippen molar-refractivity contribution >= 4 is 11.3 Å². The van der Waals surface area contributed by atoms with Gasteiger partial charge in [0.05, 0.1) is 13.3 Å². The lowest BCUT2D eigenvalue weighted by atomic mass is 10.1. The van der Waals surface area contributed by atoms with Crippen molar-refractivity contribution in [1.82, 2.24) is 4.98 Å². The summed E-state index contributed by atoms with van der Waals surface area (Å²) in [7, 11) is 1.59. The highest BCUT2D eigenvalue weighted by Gasteiger charge is 2.14. The Hall–Kier alpha value is -1.39. The van der Waals surface area contributed by atoms with Crippen LogP contribution in [0.25, 0.3) is 0 Å². The highest BCUT2D eigenvalue weighted by atomic mass is 32.1. The van der Waals surface area contributed by atoms with Crippen LogP contribution in [0.2, 0.25) is 0 Å². The summed E-state index contributed by atoms with van der Waals surface area (Å²) in [6.07, 6.45) is 2.66. The van der Waals surface area contributed by atoms with Gasteiger partial charge in [-0.15, -0.1) is 11.3 Å². The van der Waals surface area contributed by atoms with E-state index in [0.717, 1.165) is 10.4 Å². The summed E-state index contributed by atoms with van der Waals surface area (Å²) < 4.78 is 5.10. The number of pyridine rings is 1. The van der Waals surface area contributed by atoms with Gasteiger partial charge in [-0.3, -0.25) is 4.98 Å². The molecule has 2 heterocycles. The van der Waals surface area contributed by atoms with Crippen LogP contribution >= 0.6 is 11.3 Å². The topological polar surface area (TPSA) is 42.4 Å². The van der Waals surface area contributed by atoms with Crippen molar-refractivity contribution in [1.29, 1.82) is 0 Å². The predicted molar refractivity (Wildman–Crippen MR) is 68.6 cm³/mol. The number of ether oxygens (including phenoxy) is 1. The first-order chi connectivity index (χ1) is 8.11. The maximum Gasteiger partial charge on any atom is 0.137 e. The summed E-state index contributed by atoms with van der Waals surface area (Å²) in [5, 5.41) is 10.3. The monoisotopic (exact) mass is 249 g/mol. The Morgan fingerprint density at radius 2 is 2.06 bits per heavy atom. The van der Waals surface area contributed by atoms with Crippen molar-refractivity contribution in [2.75, 3.05) is 7.11 Å². The third kappa shape index (κ3) is 2.48. The number of aromatic nitrogens is 1. The molecule has 90 valence electrons. The number of hydrogen-bond acceptors (Lipinski definition) is 4. The SMILES string of the molecule is COc1cncc(C(O)c2cc(C)c(C)s2)c1. The minimum atomic E-state index is -0.630. The van der Waals surface area contributed by atoms with Gasteiger partial charge in [-0.25, -0.2) is 0 Å². The van der Waals surface area contributed by atoms with E-state index in [1.165, 1.54) is 10.4 Å². The molecule has 0 saturated heterocycles. The van der Waals surface area contributed by atoms with E-state index in [-0.39, 0.29) is 0 Å². The molecule has 0 aliphatic heterocycles. The van der Waals surface area contributed by atoms with Gasteiger partial charge in [0.2, 0.25) is 0 Å². The predicted octanol–water partition coefficient (Wildman–Crippen LogP) is 2.85. The van der Waals surface area contributed by atoms with E-state index >= 15 is 0 Å². The molecule has 0 spiro atoms. The summed E-state index contributed by atoms with van der Waals surface area (Å²) in [6, 6.07) is 3.83. The second-order valence-corrected chi connectivity index (χ2v) is 5.24. The molecule has 2 rings (SSSR count). The van der Waals surface area contributed by atoms with Gasteiger partial charge in [0.15, 0.2) is 0 Å². The minimum Gasteiger partial charge on any atom is -0.495 e. The van der Waals surface area contributed by atoms with Crippen molar-refractivity contribution in [3.8, 4) is 5.75 Å². The smallest absolute Gasteiger partial charge is 0.137 e. The first-order valence-corrected chi connectivity index (χ1v) is 6.17. The maximum atomic E-state index is 10.3. The molecule has 4 heteroatoms. The van der Waals surface area contributed by atoms with Gasteiger partial charge in [-0.05, 0) is 31.5 Å². The molecular formula is C13H15NO2S. The van der Waals surface area contributed by atoms with Crippen LogP contribution in [0.5, 0.6) is 5.75 Å². The van der Waals surface area contributed by atoms with Crippen molar-refractivity contribution < 1.29 is 9.84 Å². The molecule has 2 aromatic heterocycles. The number of aryl methyl sites for hydroxylation is 2. The molecule has 17 heavy (non-hydrogen) atoms. The lowest BCUT2D eigenvalue weighted by Gasteiger charge is -2.09. The number of aliphatic hydroxyl groups is 1. The Balaban J connectivity index is 2.32. The normalized spacial score (nSPS) is 12.5. The number of methoxy groups -OCH3 is 1. The molecule has 1 unspecified atom stereocenters. The first kappa shape index (κ1) is 12.1. The van der Waals surface area contributed by atoms with E-state index < -0.39 is 6.10 Å². The van der Waals surface area contributed by atoms with Crippen LogP contribution in [-0.2, 0) is 0 Å². The zero-order chi connectivity index (χ0) is 12.4. The fourth-order valence-electron chi connectivity index (χ4n) is 1.60. The Kier molecular flexibility index (Phi) is 3.45. The van der Waals surface area contributed by atoms with Gasteiger partial charge >= 0.3 is 0 Å². The van der Waals surface area contributed by atoms with Crippen LogP contribution in [0.15, 0.2) is 24.5 Å². The van der Waals surface area contributed by atoms with Gasteiger partial charge in [0.25, 0.3) is 0 Å². The van der Waals surface area contributed by atoms with Crippen LogP contribution in [0.4, 0.5) is 0 Å². The summed E-state index contributed by atoms with van der Waals surface area (Å²) in [5.41, 5.74) is 1.96. The lowest BCUT2D eigenvalue weighted by molar-refractivity contribution is 0.223. The lowest BCUT2D eigenvalue weighted by Crippen LogP contribution is -1.98. The van der Waals surface area contributed by atoms with Crippen LogP contribution in [0, 0.1) is 13.8 Å². The number of hydrogen-bond donors (Lipinski definition) is 1. The largest absolute Gasteiger partial charge is 0.495 e. The number of rotatable bonds is 3. The van der Waals surface area contributed by atoms with E-state index in [2.05, 4.69) is 11.9 Å². The molecular weight excluding hydrogens is 234 g/mol. The van der Waals surface area contributed by atoms with Gasteiger partial charge in [0, 0.05) is 21.5 Å². The second kappa shape index (κ2) is 4.85. The molecule has 2 aromatic rings. The Morgan fingerprint density at radius 1 is 1.29 bits per heavy atom. The second-order valence-electron chi connectivity index (χ2n) is 3.95. The van der Waals surface area contributed by atoms with E-state index in [9.17, 15) is 5.11 Å². The number of thiophene rings is 1. The summed E-state index contributed by atoms with van der Waals surface area (Å²) in [5.74, 6) is 0.659. The quantitative estimate of drug-likeness (QED) is 0.909. The molecule has 0 fully saturated rings. The fraction of sp³-hybridized carbons (Fsp3) is 0.308. The van der Waals surface area contributed by atoms with Crippen LogP contribution in [0.3, 0.4) is 0 Å². The third-order valence-electron chi connectivity index (χ3n) is 2.74. The average molecular weight is 249 g/mol. The van der Waals surface area contributed by atoms with Crippen LogP contribution in [-0.4, -0.2) is 17.2 Å². The summed E-state index contributed by atoms with van der Waals surface area (Å²) >= 11 is 1.61. The summed E-state index contributed by atoms with van der Waals surface area (Å²) in [4.78, 5) is 6.22. The zero-order valence-electron chi connectivity index (χ0n) is 10.1. The molecule has 0 radical (unpaired) electrons. The minimum absolute atomic E-state index is 0.630. The van der Waals surface area contributed by atoms with Gasteiger partial charge in [-0.2, -0.15) is 0 Å². The molecule has 3 nitrogen and oxygen atoms in total. The van der Waals surface area contributed by atoms with Crippen LogP contribution in [0.1, 0.15) is 27.0 Å². The standard InChI is InChI=1S/C13H15NO2S/c1-8-4-12(17-9(8)2)13(15)10-5-11(16-3)7-14-6-10/h4-7,13,15H,1-3H3. The zero-order valence-corrected chi connectivity index (χ0v) is 10.9. The highest BCUT2D eigenvalue weighted by Crippen LogP contribution is 2.31. The fourth-order valence-corrected chi connectivity index (χ4v) is 2.65. The molecule has 0 amide bonds. The maximum absolute atomic E-state index is 10.3. The molecule has 1 N–H and O–H groups in total. The van der Waals surface area contributed by atoms with Crippen molar-refractivity contribution in [3.63, 3.8) is 0 Å². The van der Waals surface area contributed by atoms with Gasteiger partial charge < -0.3 is 9.84 Å². The van der Waals surface area contributed by atoms with E-state index in [0.29, 0.717) is 5.75 Å². The van der Waals surface area contributed by atoms with E-state index in [1.54, 1.807) is 30.8 Å². The summed E-state index contributed by atoms with van der Waals surface area (Å²) in [6.45, 7) is 4.10. The molecule has 0 bridgehead atoms. The van der Waals surface area contributed by atoms with Crippen LogP contribution < -0.4 is 4.74 Å². The van der Waals surface area contributed by atoms with Crippen molar-refractivity contribution in [2.24, 2.45) is 0 Å². The highest BCUT2D eigenvalue weighted by molar-refractivity contribution is 7.12. The Labute approximate surface area is 105 Å². The number of nitrogens with zero attached hydrogens (tertiary/aromatic N) is 1. The van der Waals surface area contributed by atoms with Gasteiger partial charge in [0.1, 0.15) is 11.9 Å². The van der Waals surface area contributed by atoms with Crippen molar-refractivity contribution in [3.05, 3.63) is 45.4 Å². The molecule has 0 aliphatic rings. The van der Waals surface area contributed by atoms with E-state index in [1.807, 2.05) is 19.1 Å². The molecule has 0 aromatic carbocycles. The van der Waals surface area contributed by atoms with E-state index in [4.69, 9.17) is 4.74 Å². The Bertz CT molecular complexity index is 502.